The number of ether oxygens (including phenoxy) is 2. The number of hydrogen-bond donors (Lipinski definition) is 1. The molecule has 0 spiro atoms. The normalized spacial score (nSPS) is 22.4. The van der Waals surface area contributed by atoms with Crippen LogP contribution in [0.25, 0.3) is 0 Å². The maximum Gasteiger partial charge on any atom is 0.254 e. The van der Waals surface area contributed by atoms with Crippen LogP contribution in [0, 0.1) is 5.92 Å². The van der Waals surface area contributed by atoms with Crippen LogP contribution >= 0.6 is 11.6 Å². The molecule has 0 aliphatic carbocycles. The lowest BCUT2D eigenvalue weighted by molar-refractivity contribution is 0.0680. The second kappa shape index (κ2) is 8.49. The zero-order valence-electron chi connectivity index (χ0n) is 15.9. The van der Waals surface area contributed by atoms with Crippen LogP contribution in [0.4, 0.5) is 0 Å². The summed E-state index contributed by atoms with van der Waals surface area (Å²) in [4.78, 5) is 15.2. The number of fused-ring (bicyclic) bond motifs is 2. The van der Waals surface area contributed by atoms with Gasteiger partial charge in [0.15, 0.2) is 11.5 Å². The number of nitrogens with zero attached hydrogens (tertiary/aromatic N) is 1. The molecule has 144 valence electrons. The second-order valence-corrected chi connectivity index (χ2v) is 8.02. The first kappa shape index (κ1) is 19.3. The number of rotatable bonds is 6. The highest BCUT2D eigenvalue weighted by Gasteiger charge is 2.38. The Balaban J connectivity index is 1.81. The van der Waals surface area contributed by atoms with Crippen LogP contribution in [0.15, 0.2) is 12.1 Å². The van der Waals surface area contributed by atoms with Gasteiger partial charge in [-0.3, -0.25) is 4.79 Å². The molecule has 0 radical (unpaired) electrons. The Morgan fingerprint density at radius 2 is 2.08 bits per heavy atom. The Kier molecular flexibility index (Phi) is 6.30. The van der Waals surface area contributed by atoms with E-state index < -0.39 is 0 Å². The lowest BCUT2D eigenvalue weighted by Crippen LogP contribution is -2.42. The zero-order valence-corrected chi connectivity index (χ0v) is 16.6. The average Bonchev–Trinajstić information content (AvgIpc) is 2.87. The van der Waals surface area contributed by atoms with Crippen LogP contribution in [0.2, 0.25) is 5.02 Å². The molecule has 2 saturated heterocycles. The number of benzene rings is 1. The van der Waals surface area contributed by atoms with E-state index in [0.717, 1.165) is 38.8 Å². The second-order valence-electron chi connectivity index (χ2n) is 7.61. The quantitative estimate of drug-likeness (QED) is 0.816. The molecule has 2 unspecified atom stereocenters. The number of carbonyl (C=O) groups excluding carboxylic acids is 1. The van der Waals surface area contributed by atoms with E-state index in [4.69, 9.17) is 21.1 Å². The number of methoxy groups -OCH3 is 1. The molecule has 0 aromatic heterocycles. The maximum absolute atomic E-state index is 13.2. The predicted molar refractivity (Wildman–Crippen MR) is 103 cm³/mol. The summed E-state index contributed by atoms with van der Waals surface area (Å²) in [5.41, 5.74) is 0.571. The third-order valence-electron chi connectivity index (χ3n) is 5.31. The molecular formula is C20H29ClN2O3. The van der Waals surface area contributed by atoms with Gasteiger partial charge in [0.25, 0.3) is 5.91 Å². The Morgan fingerprint density at radius 1 is 1.31 bits per heavy atom. The minimum absolute atomic E-state index is 0.0372. The van der Waals surface area contributed by atoms with Crippen molar-refractivity contribution < 1.29 is 14.3 Å². The molecule has 2 fully saturated rings. The van der Waals surface area contributed by atoms with Crippen molar-refractivity contribution in [1.82, 2.24) is 10.2 Å². The zero-order chi connectivity index (χ0) is 18.7. The topological polar surface area (TPSA) is 50.8 Å². The highest BCUT2D eigenvalue weighted by molar-refractivity contribution is 6.32. The molecule has 2 atom stereocenters. The lowest BCUT2D eigenvalue weighted by atomic mass is 10.1. The number of hydrogen-bond acceptors (Lipinski definition) is 4. The van der Waals surface area contributed by atoms with E-state index >= 15 is 0 Å². The largest absolute Gasteiger partial charge is 0.493 e. The van der Waals surface area contributed by atoms with Crippen LogP contribution in [0.3, 0.4) is 0 Å². The summed E-state index contributed by atoms with van der Waals surface area (Å²) in [5.74, 6) is 1.62. The molecule has 6 heteroatoms. The molecule has 1 amide bonds. The molecule has 1 aromatic carbocycles. The Bertz CT molecular complexity index is 636. The third kappa shape index (κ3) is 4.09. The van der Waals surface area contributed by atoms with E-state index in [1.807, 2.05) is 4.90 Å². The molecule has 2 aliphatic heterocycles. The van der Waals surface area contributed by atoms with E-state index in [9.17, 15) is 4.79 Å². The van der Waals surface area contributed by atoms with Crippen LogP contribution in [0.1, 0.15) is 49.9 Å². The summed E-state index contributed by atoms with van der Waals surface area (Å²) in [5, 5.41) is 3.85. The summed E-state index contributed by atoms with van der Waals surface area (Å²) < 4.78 is 11.3. The highest BCUT2D eigenvalue weighted by Crippen LogP contribution is 2.38. The molecule has 26 heavy (non-hydrogen) atoms. The Labute approximate surface area is 161 Å². The van der Waals surface area contributed by atoms with E-state index in [1.54, 1.807) is 19.2 Å². The van der Waals surface area contributed by atoms with Crippen molar-refractivity contribution in [3.05, 3.63) is 22.7 Å². The van der Waals surface area contributed by atoms with Crippen molar-refractivity contribution in [3.8, 4) is 11.5 Å². The van der Waals surface area contributed by atoms with Gasteiger partial charge in [0, 0.05) is 24.2 Å². The summed E-state index contributed by atoms with van der Waals surface area (Å²) in [6, 6.07) is 4.06. The van der Waals surface area contributed by atoms with Gasteiger partial charge >= 0.3 is 0 Å². The minimum atomic E-state index is 0.0372. The van der Waals surface area contributed by atoms with E-state index in [2.05, 4.69) is 19.2 Å². The van der Waals surface area contributed by atoms with Crippen molar-refractivity contribution in [2.45, 2.75) is 51.6 Å². The smallest absolute Gasteiger partial charge is 0.254 e. The van der Waals surface area contributed by atoms with Gasteiger partial charge in [0.1, 0.15) is 0 Å². The number of amides is 1. The summed E-state index contributed by atoms with van der Waals surface area (Å²) in [6.07, 6.45) is 4.08. The SMILES string of the molecule is COc1cc(C(=O)N2C3CCNCC2CC3)cc(Cl)c1OCCC(C)C. The Hall–Kier alpha value is -1.46. The molecule has 5 nitrogen and oxygen atoms in total. The lowest BCUT2D eigenvalue weighted by Gasteiger charge is -2.28. The van der Waals surface area contributed by atoms with Gasteiger partial charge in [-0.2, -0.15) is 0 Å². The highest BCUT2D eigenvalue weighted by atomic mass is 35.5. The summed E-state index contributed by atoms with van der Waals surface area (Å²) in [6.45, 7) is 6.70. The van der Waals surface area contributed by atoms with Crippen molar-refractivity contribution >= 4 is 17.5 Å². The monoisotopic (exact) mass is 380 g/mol. The fourth-order valence-corrected chi connectivity index (χ4v) is 4.11. The van der Waals surface area contributed by atoms with Crippen LogP contribution in [-0.4, -0.2) is 49.7 Å². The van der Waals surface area contributed by atoms with Crippen LogP contribution in [0.5, 0.6) is 11.5 Å². The number of nitrogens with one attached hydrogen (secondary N) is 1. The van der Waals surface area contributed by atoms with Crippen molar-refractivity contribution in [2.75, 3.05) is 26.8 Å². The fourth-order valence-electron chi connectivity index (χ4n) is 3.84. The molecule has 2 bridgehead atoms. The van der Waals surface area contributed by atoms with Gasteiger partial charge in [-0.25, -0.2) is 0 Å². The predicted octanol–water partition coefficient (Wildman–Crippen LogP) is 3.74. The van der Waals surface area contributed by atoms with Gasteiger partial charge in [0.2, 0.25) is 0 Å². The van der Waals surface area contributed by atoms with E-state index in [-0.39, 0.29) is 11.9 Å². The summed E-state index contributed by atoms with van der Waals surface area (Å²) >= 11 is 6.44. The van der Waals surface area contributed by atoms with Gasteiger partial charge < -0.3 is 19.7 Å². The first-order valence-electron chi connectivity index (χ1n) is 9.55. The number of carbonyl (C=O) groups is 1. The first-order valence-corrected chi connectivity index (χ1v) is 9.92. The minimum Gasteiger partial charge on any atom is -0.493 e. The molecule has 2 heterocycles. The van der Waals surface area contributed by atoms with Gasteiger partial charge in [-0.15, -0.1) is 0 Å². The van der Waals surface area contributed by atoms with Crippen LogP contribution in [-0.2, 0) is 0 Å². The van der Waals surface area contributed by atoms with E-state index in [0.29, 0.717) is 40.7 Å². The summed E-state index contributed by atoms with van der Waals surface area (Å²) in [7, 11) is 1.58. The van der Waals surface area contributed by atoms with Crippen molar-refractivity contribution in [3.63, 3.8) is 0 Å². The van der Waals surface area contributed by atoms with Gasteiger partial charge in [0.05, 0.1) is 18.7 Å². The van der Waals surface area contributed by atoms with Gasteiger partial charge in [-0.1, -0.05) is 25.4 Å². The first-order chi connectivity index (χ1) is 12.5. The molecule has 0 saturated carbocycles. The molecule has 1 N–H and O–H groups in total. The third-order valence-corrected chi connectivity index (χ3v) is 5.59. The molecule has 1 aromatic rings. The Morgan fingerprint density at radius 3 is 2.81 bits per heavy atom. The standard InChI is InChI=1S/C20H29ClN2O3/c1-13(2)7-9-26-19-17(21)10-14(11-18(19)25-3)20(24)23-15-4-5-16(23)12-22-8-6-15/h10-11,13,15-16,22H,4-9,12H2,1-3H3. The maximum atomic E-state index is 13.2. The van der Waals surface area contributed by atoms with Crippen molar-refractivity contribution in [1.29, 1.82) is 0 Å². The number of halogens is 1. The van der Waals surface area contributed by atoms with Crippen LogP contribution < -0.4 is 14.8 Å². The molecular weight excluding hydrogens is 352 g/mol. The van der Waals surface area contributed by atoms with E-state index in [1.165, 1.54) is 0 Å². The van der Waals surface area contributed by atoms with Gasteiger partial charge in [-0.05, 0) is 50.3 Å². The molecule has 2 aliphatic rings. The van der Waals surface area contributed by atoms with Crippen molar-refractivity contribution in [2.24, 2.45) is 5.92 Å². The molecule has 3 rings (SSSR count). The average molecular weight is 381 g/mol. The fraction of sp³-hybridized carbons (Fsp3) is 0.650.